The maximum atomic E-state index is 13.1. The van der Waals surface area contributed by atoms with Crippen molar-refractivity contribution in [2.45, 2.75) is 63.6 Å². The van der Waals surface area contributed by atoms with Crippen LogP contribution in [0.15, 0.2) is 0 Å². The number of methoxy groups -OCH3 is 1. The summed E-state index contributed by atoms with van der Waals surface area (Å²) in [5.41, 5.74) is -1.43. The average molecular weight is 294 g/mol. The molecule has 0 aromatic rings. The third-order valence-electron chi connectivity index (χ3n) is 5.69. The van der Waals surface area contributed by atoms with Crippen molar-refractivity contribution in [1.29, 1.82) is 0 Å². The van der Waals surface area contributed by atoms with Gasteiger partial charge in [0, 0.05) is 13.7 Å². The lowest BCUT2D eigenvalue weighted by Gasteiger charge is -2.51. The van der Waals surface area contributed by atoms with E-state index in [-0.39, 0.29) is 29.8 Å². The Balaban J connectivity index is 1.94. The quantitative estimate of drug-likeness (QED) is 0.832. The van der Waals surface area contributed by atoms with Crippen LogP contribution in [0, 0.1) is 11.8 Å². The zero-order valence-electron chi connectivity index (χ0n) is 13.4. The molecule has 3 unspecified atom stereocenters. The summed E-state index contributed by atoms with van der Waals surface area (Å²) < 4.78 is 5.35. The average Bonchev–Trinajstić information content (AvgIpc) is 3.31. The summed E-state index contributed by atoms with van der Waals surface area (Å²) in [6.07, 6.45) is 4.03. The van der Waals surface area contributed by atoms with E-state index in [1.165, 1.54) is 0 Å². The minimum Gasteiger partial charge on any atom is -0.380 e. The summed E-state index contributed by atoms with van der Waals surface area (Å²) in [5, 5.41) is 3.07. The number of nitrogens with zero attached hydrogens (tertiary/aromatic N) is 1. The molecule has 2 saturated carbocycles. The molecule has 1 aliphatic heterocycles. The Morgan fingerprint density at radius 3 is 2.29 bits per heavy atom. The van der Waals surface area contributed by atoms with E-state index in [9.17, 15) is 9.59 Å². The van der Waals surface area contributed by atoms with Crippen molar-refractivity contribution in [3.05, 3.63) is 0 Å². The Labute approximate surface area is 126 Å². The zero-order chi connectivity index (χ0) is 15.4. The Hall–Kier alpha value is -1.10. The second-order valence-electron chi connectivity index (χ2n) is 7.31. The third kappa shape index (κ3) is 2.17. The van der Waals surface area contributed by atoms with Crippen molar-refractivity contribution in [2.24, 2.45) is 11.8 Å². The highest BCUT2D eigenvalue weighted by atomic mass is 16.5. The van der Waals surface area contributed by atoms with Crippen molar-refractivity contribution in [3.8, 4) is 0 Å². The van der Waals surface area contributed by atoms with Crippen LogP contribution in [0.4, 0.5) is 0 Å². The third-order valence-corrected chi connectivity index (χ3v) is 5.69. The lowest BCUT2D eigenvalue weighted by Crippen LogP contribution is -2.76. The molecule has 5 heteroatoms. The maximum Gasteiger partial charge on any atom is 0.249 e. The normalized spacial score (nSPS) is 38.4. The first kappa shape index (κ1) is 14.8. The smallest absolute Gasteiger partial charge is 0.249 e. The number of carbonyl (C=O) groups is 2. The maximum absolute atomic E-state index is 13.1. The molecule has 3 fully saturated rings. The second-order valence-corrected chi connectivity index (χ2v) is 7.31. The molecular weight excluding hydrogens is 268 g/mol. The first-order valence-electron chi connectivity index (χ1n) is 8.01. The van der Waals surface area contributed by atoms with Gasteiger partial charge in [-0.15, -0.1) is 0 Å². The molecule has 21 heavy (non-hydrogen) atoms. The molecule has 1 heterocycles. The summed E-state index contributed by atoms with van der Waals surface area (Å²) >= 11 is 0. The SMILES string of the molecule is COC(C)CN1C(=O)C(C)(C2CC2)NC(=O)C1(C)C1CC1. The Kier molecular flexibility index (Phi) is 3.32. The van der Waals surface area contributed by atoms with Gasteiger partial charge in [-0.2, -0.15) is 0 Å². The number of hydrogen-bond donors (Lipinski definition) is 1. The summed E-state index contributed by atoms with van der Waals surface area (Å²) in [5.74, 6) is 0.664. The summed E-state index contributed by atoms with van der Waals surface area (Å²) in [6, 6.07) is 0. The minimum atomic E-state index is -0.723. The van der Waals surface area contributed by atoms with Crippen LogP contribution in [0.5, 0.6) is 0 Å². The molecule has 2 amide bonds. The summed E-state index contributed by atoms with van der Waals surface area (Å²) in [6.45, 7) is 6.24. The molecule has 0 radical (unpaired) electrons. The summed E-state index contributed by atoms with van der Waals surface area (Å²) in [4.78, 5) is 27.8. The molecule has 0 spiro atoms. The van der Waals surface area contributed by atoms with E-state index in [4.69, 9.17) is 4.74 Å². The molecular formula is C16H26N2O3. The van der Waals surface area contributed by atoms with Crippen molar-refractivity contribution >= 4 is 11.8 Å². The van der Waals surface area contributed by atoms with Crippen LogP contribution in [-0.2, 0) is 14.3 Å². The van der Waals surface area contributed by atoms with Gasteiger partial charge in [0.05, 0.1) is 6.10 Å². The van der Waals surface area contributed by atoms with E-state index in [0.717, 1.165) is 25.7 Å². The second kappa shape index (κ2) is 4.70. The fourth-order valence-corrected chi connectivity index (χ4v) is 3.62. The Bertz CT molecular complexity index is 472. The standard InChI is InChI=1S/C16H26N2O3/c1-10(21-4)9-18-14(20)15(2,11-5-6-11)17-13(19)16(18,3)12-7-8-12/h10-12H,5-9H2,1-4H3,(H,17,19). The molecule has 1 N–H and O–H groups in total. The van der Waals surface area contributed by atoms with Crippen molar-refractivity contribution in [2.75, 3.05) is 13.7 Å². The van der Waals surface area contributed by atoms with E-state index >= 15 is 0 Å². The van der Waals surface area contributed by atoms with Crippen LogP contribution in [0.3, 0.4) is 0 Å². The fraction of sp³-hybridized carbons (Fsp3) is 0.875. The van der Waals surface area contributed by atoms with Gasteiger partial charge in [0.2, 0.25) is 11.8 Å². The fourth-order valence-electron chi connectivity index (χ4n) is 3.62. The van der Waals surface area contributed by atoms with Crippen LogP contribution in [0.1, 0.15) is 46.5 Å². The highest BCUT2D eigenvalue weighted by Crippen LogP contribution is 2.49. The molecule has 0 aromatic heterocycles. The number of piperazine rings is 1. The monoisotopic (exact) mass is 294 g/mol. The van der Waals surface area contributed by atoms with E-state index in [0.29, 0.717) is 6.54 Å². The van der Waals surface area contributed by atoms with E-state index in [1.54, 1.807) is 7.11 Å². The van der Waals surface area contributed by atoms with Crippen LogP contribution in [-0.4, -0.2) is 47.6 Å². The van der Waals surface area contributed by atoms with Crippen LogP contribution in [0.2, 0.25) is 0 Å². The van der Waals surface area contributed by atoms with Crippen LogP contribution >= 0.6 is 0 Å². The van der Waals surface area contributed by atoms with Gasteiger partial charge in [0.1, 0.15) is 11.1 Å². The number of rotatable bonds is 5. The zero-order valence-corrected chi connectivity index (χ0v) is 13.4. The van der Waals surface area contributed by atoms with Gasteiger partial charge in [0.15, 0.2) is 0 Å². The van der Waals surface area contributed by atoms with Crippen molar-refractivity contribution in [1.82, 2.24) is 10.2 Å². The molecule has 5 nitrogen and oxygen atoms in total. The molecule has 1 saturated heterocycles. The summed E-state index contributed by atoms with van der Waals surface area (Å²) in [7, 11) is 1.65. The van der Waals surface area contributed by atoms with Gasteiger partial charge < -0.3 is 15.0 Å². The first-order valence-corrected chi connectivity index (χ1v) is 8.01. The number of amides is 2. The Morgan fingerprint density at radius 2 is 1.81 bits per heavy atom. The lowest BCUT2D eigenvalue weighted by molar-refractivity contribution is -0.166. The van der Waals surface area contributed by atoms with Gasteiger partial charge in [-0.1, -0.05) is 0 Å². The molecule has 3 rings (SSSR count). The molecule has 0 aromatic carbocycles. The van der Waals surface area contributed by atoms with Gasteiger partial charge in [-0.3, -0.25) is 9.59 Å². The molecule has 3 atom stereocenters. The molecule has 2 aliphatic carbocycles. The molecule has 3 aliphatic rings. The van der Waals surface area contributed by atoms with E-state index in [1.807, 2.05) is 25.7 Å². The molecule has 118 valence electrons. The predicted molar refractivity (Wildman–Crippen MR) is 78.6 cm³/mol. The number of carbonyl (C=O) groups excluding carboxylic acids is 2. The van der Waals surface area contributed by atoms with E-state index < -0.39 is 11.1 Å². The van der Waals surface area contributed by atoms with E-state index in [2.05, 4.69) is 5.32 Å². The highest BCUT2D eigenvalue weighted by molar-refractivity contribution is 6.02. The van der Waals surface area contributed by atoms with Gasteiger partial charge in [-0.25, -0.2) is 0 Å². The number of hydrogen-bond acceptors (Lipinski definition) is 3. The largest absolute Gasteiger partial charge is 0.380 e. The highest BCUT2D eigenvalue weighted by Gasteiger charge is 2.63. The van der Waals surface area contributed by atoms with Crippen LogP contribution < -0.4 is 5.32 Å². The van der Waals surface area contributed by atoms with Gasteiger partial charge >= 0.3 is 0 Å². The van der Waals surface area contributed by atoms with Crippen molar-refractivity contribution in [3.63, 3.8) is 0 Å². The lowest BCUT2D eigenvalue weighted by atomic mass is 9.81. The number of nitrogens with one attached hydrogen (secondary N) is 1. The minimum absolute atomic E-state index is 0.0160. The Morgan fingerprint density at radius 1 is 1.24 bits per heavy atom. The predicted octanol–water partition coefficient (Wildman–Crippen LogP) is 1.32. The number of ether oxygens (including phenoxy) is 1. The van der Waals surface area contributed by atoms with Gasteiger partial charge in [0.25, 0.3) is 0 Å². The van der Waals surface area contributed by atoms with Gasteiger partial charge in [-0.05, 0) is 58.3 Å². The molecule has 0 bridgehead atoms. The van der Waals surface area contributed by atoms with Crippen LogP contribution in [0.25, 0.3) is 0 Å². The first-order chi connectivity index (χ1) is 9.84. The topological polar surface area (TPSA) is 58.6 Å². The van der Waals surface area contributed by atoms with Crippen molar-refractivity contribution < 1.29 is 14.3 Å².